The minimum atomic E-state index is -1.19. The van der Waals surface area contributed by atoms with Crippen molar-refractivity contribution < 1.29 is 19.4 Å². The maximum atomic E-state index is 13.4. The zero-order valence-corrected chi connectivity index (χ0v) is 28.7. The Labute approximate surface area is 297 Å². The van der Waals surface area contributed by atoms with E-state index in [-0.39, 0.29) is 41.6 Å². The van der Waals surface area contributed by atoms with Crippen molar-refractivity contribution in [3.05, 3.63) is 105 Å². The van der Waals surface area contributed by atoms with E-state index >= 15 is 0 Å². The van der Waals surface area contributed by atoms with Crippen LogP contribution in [0.15, 0.2) is 77.9 Å². The molecule has 4 N–H and O–H groups in total. The molecule has 1 unspecified atom stereocenters. The number of carbonyl (C=O) groups excluding carboxylic acids is 1. The van der Waals surface area contributed by atoms with Crippen molar-refractivity contribution in [1.82, 2.24) is 24.6 Å². The quantitative estimate of drug-likeness (QED) is 0.156. The van der Waals surface area contributed by atoms with E-state index in [0.29, 0.717) is 57.8 Å². The van der Waals surface area contributed by atoms with Gasteiger partial charge in [0.2, 0.25) is 11.8 Å². The number of carboxylic acid groups (broad SMARTS) is 1. The minimum Gasteiger partial charge on any atom is -0.481 e. The molecule has 1 aliphatic carbocycles. The number of fused-ring (bicyclic) bond motifs is 1. The van der Waals surface area contributed by atoms with Crippen LogP contribution in [-0.4, -0.2) is 62.6 Å². The highest BCUT2D eigenvalue weighted by Crippen LogP contribution is 2.50. The first-order chi connectivity index (χ1) is 24.1. The number of benzene rings is 2. The summed E-state index contributed by atoms with van der Waals surface area (Å²) in [6, 6.07) is 18.6. The number of hydrogen-bond donors (Lipinski definition) is 3. The third-order valence-corrected chi connectivity index (χ3v) is 10.5. The fourth-order valence-electron chi connectivity index (χ4n) is 6.67. The molecule has 3 aromatic heterocycles. The summed E-state index contributed by atoms with van der Waals surface area (Å²) in [5.41, 5.74) is 11.5. The first-order valence-electron chi connectivity index (χ1n) is 16.2. The molecule has 2 aromatic carbocycles. The standard InChI is InChI=1S/C37H34Cl2N6O5/c1-50-34-28(37(20-40)13-14-37)9-10-29(43-34)27-7-3-6-26(33(27)39)25-5-2-4-24(32(25)38)21-12-15-45-30(16-21)41-17-22(35(45)47)18-44(36(48)49)19-23-8-11-31(46)42-23/h2-7,9-10,12,15-17,23H,8,11,13-14,18-20,40H2,1H3,(H,42,46)(H,48,49). The number of halogens is 2. The molecule has 13 heteroatoms. The normalized spacial score (nSPS) is 16.3. The van der Waals surface area contributed by atoms with Crippen LogP contribution in [-0.2, 0) is 16.8 Å². The average Bonchev–Trinajstić information content (AvgIpc) is 3.82. The summed E-state index contributed by atoms with van der Waals surface area (Å²) in [5, 5.41) is 13.5. The van der Waals surface area contributed by atoms with Crippen molar-refractivity contribution in [2.45, 2.75) is 43.7 Å². The summed E-state index contributed by atoms with van der Waals surface area (Å²) in [7, 11) is 1.61. The largest absolute Gasteiger partial charge is 0.481 e. The molecule has 1 saturated heterocycles. The second-order valence-corrected chi connectivity index (χ2v) is 13.5. The molecule has 11 nitrogen and oxygen atoms in total. The summed E-state index contributed by atoms with van der Waals surface area (Å²) in [5.74, 6) is 0.432. The summed E-state index contributed by atoms with van der Waals surface area (Å²) in [6.45, 7) is 0.457. The predicted molar refractivity (Wildman–Crippen MR) is 192 cm³/mol. The number of nitrogens with one attached hydrogen (secondary N) is 1. The zero-order valence-electron chi connectivity index (χ0n) is 27.2. The maximum absolute atomic E-state index is 13.4. The van der Waals surface area contributed by atoms with Gasteiger partial charge in [-0.1, -0.05) is 65.7 Å². The fourth-order valence-corrected chi connectivity index (χ4v) is 7.33. The van der Waals surface area contributed by atoms with Crippen LogP contribution in [0.2, 0.25) is 10.0 Å². The molecule has 5 aromatic rings. The highest BCUT2D eigenvalue weighted by atomic mass is 35.5. The van der Waals surface area contributed by atoms with Crippen LogP contribution in [0.25, 0.3) is 39.2 Å². The Morgan fingerprint density at radius 1 is 1.06 bits per heavy atom. The van der Waals surface area contributed by atoms with Crippen LogP contribution in [0, 0.1) is 0 Å². The van der Waals surface area contributed by atoms with E-state index in [4.69, 9.17) is 38.7 Å². The number of nitrogens with two attached hydrogens (primary N) is 1. The molecule has 50 heavy (non-hydrogen) atoms. The van der Waals surface area contributed by atoms with Crippen molar-refractivity contribution in [2.24, 2.45) is 5.73 Å². The second-order valence-electron chi connectivity index (χ2n) is 12.8. The minimum absolute atomic E-state index is 0.0797. The van der Waals surface area contributed by atoms with Crippen LogP contribution in [0.1, 0.15) is 36.8 Å². The van der Waals surface area contributed by atoms with Crippen molar-refractivity contribution >= 4 is 40.8 Å². The zero-order chi connectivity index (χ0) is 35.2. The highest BCUT2D eigenvalue weighted by molar-refractivity contribution is 6.39. The first-order valence-corrected chi connectivity index (χ1v) is 17.0. The molecular weight excluding hydrogens is 679 g/mol. The summed E-state index contributed by atoms with van der Waals surface area (Å²) < 4.78 is 7.05. The number of methoxy groups -OCH3 is 1. The second kappa shape index (κ2) is 13.4. The lowest BCUT2D eigenvalue weighted by Gasteiger charge is -2.22. The molecule has 2 amide bonds. The molecule has 1 aliphatic heterocycles. The Bertz CT molecular complexity index is 2220. The Morgan fingerprint density at radius 3 is 2.40 bits per heavy atom. The van der Waals surface area contributed by atoms with Crippen LogP contribution in [0.3, 0.4) is 0 Å². The smallest absolute Gasteiger partial charge is 0.407 e. The van der Waals surface area contributed by atoms with E-state index in [9.17, 15) is 19.5 Å². The van der Waals surface area contributed by atoms with Crippen LogP contribution >= 0.6 is 23.2 Å². The number of ether oxygens (including phenoxy) is 1. The Morgan fingerprint density at radius 2 is 1.76 bits per heavy atom. The van der Waals surface area contributed by atoms with Gasteiger partial charge in [0.05, 0.1) is 35.0 Å². The van der Waals surface area contributed by atoms with Gasteiger partial charge in [-0.25, -0.2) is 14.8 Å². The number of pyridine rings is 2. The molecule has 256 valence electrons. The van der Waals surface area contributed by atoms with Crippen LogP contribution in [0.4, 0.5) is 4.79 Å². The molecule has 2 aliphatic rings. The Balaban J connectivity index is 1.18. The summed E-state index contributed by atoms with van der Waals surface area (Å²) in [4.78, 5) is 47.4. The molecule has 1 atom stereocenters. The van der Waals surface area contributed by atoms with Gasteiger partial charge in [0.1, 0.15) is 5.65 Å². The van der Waals surface area contributed by atoms with E-state index in [1.54, 1.807) is 25.4 Å². The van der Waals surface area contributed by atoms with Crippen molar-refractivity contribution in [2.75, 3.05) is 20.2 Å². The number of aromatic nitrogens is 3. The number of rotatable bonds is 10. The SMILES string of the molecule is COc1nc(-c2cccc(-c3cccc(-c4ccn5c(=O)c(CN(CC6CCC(=O)N6)C(=O)O)cnc5c4)c3Cl)c2Cl)ccc1C1(CN)CC1. The van der Waals surface area contributed by atoms with Crippen molar-refractivity contribution in [3.63, 3.8) is 0 Å². The van der Waals surface area contributed by atoms with Crippen LogP contribution in [0.5, 0.6) is 5.88 Å². The third-order valence-electron chi connectivity index (χ3n) is 9.68. The monoisotopic (exact) mass is 712 g/mol. The maximum Gasteiger partial charge on any atom is 0.407 e. The average molecular weight is 714 g/mol. The van der Waals surface area contributed by atoms with Gasteiger partial charge in [0.15, 0.2) is 0 Å². The highest BCUT2D eigenvalue weighted by Gasteiger charge is 2.45. The van der Waals surface area contributed by atoms with Crippen LogP contribution < -0.4 is 21.3 Å². The topological polar surface area (TPSA) is 152 Å². The molecule has 0 spiro atoms. The lowest BCUT2D eigenvalue weighted by molar-refractivity contribution is -0.119. The fraction of sp³-hybridized carbons (Fsp3) is 0.270. The summed E-state index contributed by atoms with van der Waals surface area (Å²) >= 11 is 14.1. The molecule has 1 saturated carbocycles. The molecular formula is C37H34Cl2N6O5. The molecule has 2 fully saturated rings. The number of hydrogen-bond acceptors (Lipinski definition) is 7. The van der Waals surface area contributed by atoms with E-state index < -0.39 is 6.09 Å². The van der Waals surface area contributed by atoms with Gasteiger partial charge in [0.25, 0.3) is 5.56 Å². The molecule has 7 rings (SSSR count). The van der Waals surface area contributed by atoms with Gasteiger partial charge in [-0.15, -0.1) is 0 Å². The van der Waals surface area contributed by atoms with Gasteiger partial charge in [-0.05, 0) is 43.0 Å². The van der Waals surface area contributed by atoms with Gasteiger partial charge < -0.3 is 25.8 Å². The van der Waals surface area contributed by atoms with E-state index in [1.807, 2.05) is 48.5 Å². The lowest BCUT2D eigenvalue weighted by atomic mass is 9.95. The number of amides is 2. The summed E-state index contributed by atoms with van der Waals surface area (Å²) in [6.07, 6.45) is 4.71. The predicted octanol–water partition coefficient (Wildman–Crippen LogP) is 6.15. The number of nitrogens with zero attached hydrogens (tertiary/aromatic N) is 4. The molecule has 0 radical (unpaired) electrons. The lowest BCUT2D eigenvalue weighted by Crippen LogP contribution is -2.42. The van der Waals surface area contributed by atoms with Gasteiger partial charge in [0, 0.05) is 71.2 Å². The van der Waals surface area contributed by atoms with Gasteiger partial charge >= 0.3 is 6.09 Å². The first kappa shape index (κ1) is 33.5. The van der Waals surface area contributed by atoms with Crippen molar-refractivity contribution in [1.29, 1.82) is 0 Å². The molecule has 4 heterocycles. The number of carbonyl (C=O) groups is 2. The Kier molecular flexibility index (Phi) is 8.98. The van der Waals surface area contributed by atoms with Gasteiger partial charge in [-0.3, -0.25) is 14.0 Å². The third kappa shape index (κ3) is 6.17. The molecule has 0 bridgehead atoms. The van der Waals surface area contributed by atoms with E-state index in [1.165, 1.54) is 10.6 Å². The van der Waals surface area contributed by atoms with Crippen molar-refractivity contribution in [3.8, 4) is 39.4 Å². The Hall–Kier alpha value is -4.97. The van der Waals surface area contributed by atoms with E-state index in [0.717, 1.165) is 40.0 Å². The van der Waals surface area contributed by atoms with E-state index in [2.05, 4.69) is 10.3 Å². The van der Waals surface area contributed by atoms with Gasteiger partial charge in [-0.2, -0.15) is 0 Å².